The maximum atomic E-state index is 2.45. The van der Waals surface area contributed by atoms with Gasteiger partial charge in [-0.1, -0.05) is 25.2 Å². The summed E-state index contributed by atoms with van der Waals surface area (Å²) in [5.74, 6) is 1.74. The van der Waals surface area contributed by atoms with Gasteiger partial charge in [0.2, 0.25) is 0 Å². The Labute approximate surface area is 69.0 Å². The predicted molar refractivity (Wildman–Crippen MR) is 48.3 cm³/mol. The van der Waals surface area contributed by atoms with Crippen LogP contribution in [0.4, 0.5) is 0 Å². The zero-order valence-electron chi connectivity index (χ0n) is 7.22. The van der Waals surface area contributed by atoms with Gasteiger partial charge in [-0.25, -0.2) is 0 Å². The largest absolute Gasteiger partial charge is 0.0843 e. The van der Waals surface area contributed by atoms with E-state index in [1.807, 2.05) is 0 Å². The lowest BCUT2D eigenvalue weighted by Crippen LogP contribution is -1.97. The average Bonchev–Trinajstić information content (AvgIpc) is 2.17. The molecule has 2 unspecified atom stereocenters. The Hall–Kier alpha value is -0.520. The van der Waals surface area contributed by atoms with Crippen LogP contribution in [-0.2, 0) is 0 Å². The predicted octanol–water partition coefficient (Wildman–Crippen LogP) is 3.31. The molecule has 0 aromatic rings. The Morgan fingerprint density at radius 1 is 1.45 bits per heavy atom. The van der Waals surface area contributed by atoms with Crippen molar-refractivity contribution >= 4 is 0 Å². The minimum atomic E-state index is 0.831. The van der Waals surface area contributed by atoms with Crippen LogP contribution >= 0.6 is 0 Å². The molecule has 0 radical (unpaired) electrons. The van der Waals surface area contributed by atoms with Crippen molar-refractivity contribution in [3.63, 3.8) is 0 Å². The van der Waals surface area contributed by atoms with Crippen LogP contribution in [0.15, 0.2) is 23.8 Å². The average molecular weight is 148 g/mol. The van der Waals surface area contributed by atoms with Crippen molar-refractivity contribution < 1.29 is 0 Å². The number of hydrogen-bond acceptors (Lipinski definition) is 0. The van der Waals surface area contributed by atoms with Crippen LogP contribution in [0.3, 0.4) is 0 Å². The molecular weight excluding hydrogens is 132 g/mol. The lowest BCUT2D eigenvalue weighted by molar-refractivity contribution is 0.498. The number of rotatable bonds is 0. The molecule has 0 aliphatic heterocycles. The van der Waals surface area contributed by atoms with E-state index in [4.69, 9.17) is 0 Å². The van der Waals surface area contributed by atoms with Crippen molar-refractivity contribution in [2.75, 3.05) is 0 Å². The summed E-state index contributed by atoms with van der Waals surface area (Å²) in [6, 6.07) is 0. The van der Waals surface area contributed by atoms with E-state index in [0.717, 1.165) is 11.8 Å². The number of fused-ring (bicyclic) bond motifs is 1. The van der Waals surface area contributed by atoms with Crippen LogP contribution in [0.5, 0.6) is 0 Å². The Morgan fingerprint density at radius 3 is 3.27 bits per heavy atom. The van der Waals surface area contributed by atoms with E-state index in [9.17, 15) is 0 Å². The fourth-order valence-corrected chi connectivity index (χ4v) is 2.30. The molecule has 2 rings (SSSR count). The molecule has 0 heteroatoms. The highest BCUT2D eigenvalue weighted by Crippen LogP contribution is 2.36. The van der Waals surface area contributed by atoms with Gasteiger partial charge in [-0.15, -0.1) is 0 Å². The van der Waals surface area contributed by atoms with Crippen molar-refractivity contribution in [2.45, 2.75) is 32.6 Å². The SMILES string of the molecule is CC1C=C2C=CCCCC2C1. The minimum absolute atomic E-state index is 0.831. The van der Waals surface area contributed by atoms with Gasteiger partial charge in [0.25, 0.3) is 0 Å². The lowest BCUT2D eigenvalue weighted by Gasteiger charge is -2.09. The van der Waals surface area contributed by atoms with Crippen LogP contribution in [0.1, 0.15) is 32.6 Å². The first kappa shape index (κ1) is 7.15. The summed E-state index contributed by atoms with van der Waals surface area (Å²) in [4.78, 5) is 0. The third-order valence-corrected chi connectivity index (χ3v) is 2.84. The topological polar surface area (TPSA) is 0 Å². The summed E-state index contributed by atoms with van der Waals surface area (Å²) in [6.07, 6.45) is 12.6. The van der Waals surface area contributed by atoms with Crippen LogP contribution in [0, 0.1) is 11.8 Å². The fourth-order valence-electron chi connectivity index (χ4n) is 2.30. The highest BCUT2D eigenvalue weighted by molar-refractivity contribution is 5.27. The van der Waals surface area contributed by atoms with Crippen molar-refractivity contribution in [3.8, 4) is 0 Å². The van der Waals surface area contributed by atoms with E-state index in [-0.39, 0.29) is 0 Å². The standard InChI is InChI=1S/C11H16/c1-9-7-10-5-3-2-4-6-11(10)8-9/h3,5,7,9,11H,2,4,6,8H2,1H3. The Kier molecular flexibility index (Phi) is 1.85. The van der Waals surface area contributed by atoms with E-state index < -0.39 is 0 Å². The summed E-state index contributed by atoms with van der Waals surface area (Å²) >= 11 is 0. The van der Waals surface area contributed by atoms with Crippen molar-refractivity contribution in [2.24, 2.45) is 11.8 Å². The third kappa shape index (κ3) is 1.40. The molecule has 2 aliphatic carbocycles. The highest BCUT2D eigenvalue weighted by Gasteiger charge is 2.22. The van der Waals surface area contributed by atoms with Crippen molar-refractivity contribution in [1.29, 1.82) is 0 Å². The summed E-state index contributed by atoms with van der Waals surface area (Å²) in [5.41, 5.74) is 1.62. The van der Waals surface area contributed by atoms with Crippen molar-refractivity contribution in [3.05, 3.63) is 23.8 Å². The Bertz CT molecular complexity index is 198. The smallest absolute Gasteiger partial charge is 0.0160 e. The van der Waals surface area contributed by atoms with Gasteiger partial charge in [-0.3, -0.25) is 0 Å². The van der Waals surface area contributed by atoms with Gasteiger partial charge in [0.05, 0.1) is 0 Å². The molecule has 0 spiro atoms. The van der Waals surface area contributed by atoms with Crippen molar-refractivity contribution in [1.82, 2.24) is 0 Å². The molecule has 2 aliphatic rings. The maximum absolute atomic E-state index is 2.45. The molecule has 0 saturated carbocycles. The van der Waals surface area contributed by atoms with Crippen LogP contribution in [0.2, 0.25) is 0 Å². The van der Waals surface area contributed by atoms with Crippen LogP contribution in [-0.4, -0.2) is 0 Å². The quantitative estimate of drug-likeness (QED) is 0.494. The Balaban J connectivity index is 2.18. The monoisotopic (exact) mass is 148 g/mol. The van der Waals surface area contributed by atoms with E-state index >= 15 is 0 Å². The van der Waals surface area contributed by atoms with Gasteiger partial charge < -0.3 is 0 Å². The summed E-state index contributed by atoms with van der Waals surface area (Å²) < 4.78 is 0. The first-order chi connectivity index (χ1) is 5.36. The van der Waals surface area contributed by atoms with Gasteiger partial charge in [-0.05, 0) is 43.1 Å². The van der Waals surface area contributed by atoms with E-state index in [0.29, 0.717) is 0 Å². The molecule has 0 heterocycles. The third-order valence-electron chi connectivity index (χ3n) is 2.84. The summed E-state index contributed by atoms with van der Waals surface area (Å²) in [7, 11) is 0. The molecule has 11 heavy (non-hydrogen) atoms. The maximum Gasteiger partial charge on any atom is -0.0160 e. The molecule has 0 fully saturated rings. The molecule has 0 nitrogen and oxygen atoms in total. The fraction of sp³-hybridized carbons (Fsp3) is 0.636. The number of hydrogen-bond donors (Lipinski definition) is 0. The molecule has 0 aromatic heterocycles. The summed E-state index contributed by atoms with van der Waals surface area (Å²) in [5, 5.41) is 0. The molecule has 60 valence electrons. The molecule has 0 bridgehead atoms. The normalized spacial score (nSPS) is 36.3. The molecule has 2 atom stereocenters. The zero-order valence-corrected chi connectivity index (χ0v) is 7.22. The van der Waals surface area contributed by atoms with Gasteiger partial charge in [0.15, 0.2) is 0 Å². The van der Waals surface area contributed by atoms with Gasteiger partial charge >= 0.3 is 0 Å². The number of allylic oxidation sites excluding steroid dienone is 4. The molecular formula is C11H16. The first-order valence-electron chi connectivity index (χ1n) is 4.74. The first-order valence-corrected chi connectivity index (χ1v) is 4.74. The Morgan fingerprint density at radius 2 is 2.36 bits per heavy atom. The van der Waals surface area contributed by atoms with Gasteiger partial charge in [0.1, 0.15) is 0 Å². The zero-order chi connectivity index (χ0) is 7.68. The van der Waals surface area contributed by atoms with E-state index in [1.54, 1.807) is 5.57 Å². The minimum Gasteiger partial charge on any atom is -0.0843 e. The summed E-state index contributed by atoms with van der Waals surface area (Å²) in [6.45, 7) is 2.33. The van der Waals surface area contributed by atoms with Gasteiger partial charge in [0, 0.05) is 0 Å². The second kappa shape index (κ2) is 2.84. The van der Waals surface area contributed by atoms with E-state index in [1.165, 1.54) is 25.7 Å². The second-order valence-electron chi connectivity index (χ2n) is 3.91. The van der Waals surface area contributed by atoms with E-state index in [2.05, 4.69) is 25.2 Å². The molecule has 0 saturated heterocycles. The lowest BCUT2D eigenvalue weighted by atomic mass is 9.96. The highest BCUT2D eigenvalue weighted by atomic mass is 14.3. The second-order valence-corrected chi connectivity index (χ2v) is 3.91. The van der Waals surface area contributed by atoms with Gasteiger partial charge in [-0.2, -0.15) is 0 Å². The molecule has 0 N–H and O–H groups in total. The van der Waals surface area contributed by atoms with Crippen LogP contribution in [0.25, 0.3) is 0 Å². The molecule has 0 amide bonds. The van der Waals surface area contributed by atoms with Crippen LogP contribution < -0.4 is 0 Å². The molecule has 0 aromatic carbocycles.